The summed E-state index contributed by atoms with van der Waals surface area (Å²) in [6, 6.07) is 7.28. The molecule has 1 saturated heterocycles. The molecule has 0 bridgehead atoms. The fourth-order valence-electron chi connectivity index (χ4n) is 3.95. The molecule has 5 heteroatoms. The molecule has 1 N–H and O–H groups in total. The Morgan fingerprint density at radius 2 is 1.84 bits per heavy atom. The Balaban J connectivity index is 1.32. The number of nitrogens with one attached hydrogen (secondary N) is 1. The van der Waals surface area contributed by atoms with E-state index >= 15 is 0 Å². The van der Waals surface area contributed by atoms with Gasteiger partial charge in [0.25, 0.3) is 0 Å². The molecule has 0 amide bonds. The summed E-state index contributed by atoms with van der Waals surface area (Å²) in [5.41, 5.74) is 0. The minimum atomic E-state index is -0.374. The van der Waals surface area contributed by atoms with Gasteiger partial charge < -0.3 is 15.0 Å². The second kappa shape index (κ2) is 7.48. The summed E-state index contributed by atoms with van der Waals surface area (Å²) >= 11 is 0. The summed E-state index contributed by atoms with van der Waals surface area (Å²) in [6.07, 6.45) is 12.1. The number of benzene rings is 1. The van der Waals surface area contributed by atoms with Crippen molar-refractivity contribution in [2.45, 2.75) is 38.0 Å². The van der Waals surface area contributed by atoms with E-state index in [1.807, 2.05) is 12.2 Å². The summed E-state index contributed by atoms with van der Waals surface area (Å²) in [5.74, 6) is 0.856. The van der Waals surface area contributed by atoms with E-state index in [1.54, 1.807) is 18.2 Å². The molecule has 2 heterocycles. The first kappa shape index (κ1) is 16.5. The van der Waals surface area contributed by atoms with Crippen molar-refractivity contribution in [1.29, 1.82) is 0 Å². The largest absolute Gasteiger partial charge is 0.464 e. The Labute approximate surface area is 148 Å². The van der Waals surface area contributed by atoms with Crippen molar-refractivity contribution in [2.24, 2.45) is 0 Å². The summed E-state index contributed by atoms with van der Waals surface area (Å²) < 4.78 is 19.5. The topological polar surface area (TPSA) is 27.7 Å². The quantitative estimate of drug-likeness (QED) is 0.911. The molecule has 1 saturated carbocycles. The van der Waals surface area contributed by atoms with Crippen LogP contribution in [0.25, 0.3) is 0 Å². The van der Waals surface area contributed by atoms with E-state index in [0.717, 1.165) is 38.0 Å². The molecule has 2 fully saturated rings. The van der Waals surface area contributed by atoms with Gasteiger partial charge in [-0.25, -0.2) is 4.39 Å². The second-order valence-corrected chi connectivity index (χ2v) is 6.93. The summed E-state index contributed by atoms with van der Waals surface area (Å²) in [7, 11) is 0. The lowest BCUT2D eigenvalue weighted by Gasteiger charge is -2.41. The number of nitrogens with zero attached hydrogens (tertiary/aromatic N) is 2. The van der Waals surface area contributed by atoms with Crippen molar-refractivity contribution in [2.75, 3.05) is 26.2 Å². The molecule has 1 aromatic carbocycles. The van der Waals surface area contributed by atoms with Crippen LogP contribution in [0.5, 0.6) is 5.75 Å². The third-order valence-corrected chi connectivity index (χ3v) is 5.33. The molecule has 2 aliphatic heterocycles. The van der Waals surface area contributed by atoms with Crippen molar-refractivity contribution in [3.05, 3.63) is 54.1 Å². The van der Waals surface area contributed by atoms with Crippen LogP contribution >= 0.6 is 0 Å². The number of ether oxygens (including phenoxy) is 1. The van der Waals surface area contributed by atoms with Crippen molar-refractivity contribution >= 4 is 0 Å². The highest BCUT2D eigenvalue weighted by atomic mass is 19.1. The number of dihydropyridines is 1. The van der Waals surface area contributed by atoms with Crippen LogP contribution in [0.2, 0.25) is 0 Å². The Morgan fingerprint density at radius 1 is 1.08 bits per heavy atom. The number of piperazine rings is 1. The highest BCUT2D eigenvalue weighted by molar-refractivity contribution is 5.25. The number of hydrogen-bond donors (Lipinski definition) is 1. The molecule has 1 unspecified atom stereocenters. The molecular weight excluding hydrogens is 317 g/mol. The average molecular weight is 342 g/mol. The van der Waals surface area contributed by atoms with Gasteiger partial charge in [0.1, 0.15) is 5.82 Å². The number of para-hydroxylation sites is 1. The van der Waals surface area contributed by atoms with Crippen molar-refractivity contribution in [3.8, 4) is 5.75 Å². The van der Waals surface area contributed by atoms with Crippen LogP contribution in [-0.4, -0.2) is 48.2 Å². The highest BCUT2D eigenvalue weighted by Crippen LogP contribution is 2.25. The molecule has 4 nitrogen and oxygen atoms in total. The maximum Gasteiger partial charge on any atom is 0.191 e. The van der Waals surface area contributed by atoms with E-state index in [9.17, 15) is 4.39 Å². The van der Waals surface area contributed by atoms with Crippen LogP contribution in [0, 0.1) is 11.9 Å². The minimum Gasteiger partial charge on any atom is -0.464 e. The zero-order valence-corrected chi connectivity index (χ0v) is 14.5. The van der Waals surface area contributed by atoms with Crippen LogP contribution in [0.1, 0.15) is 25.7 Å². The van der Waals surface area contributed by atoms with E-state index in [4.69, 9.17) is 4.74 Å². The Hall–Kier alpha value is -2.01. The van der Waals surface area contributed by atoms with Gasteiger partial charge in [0.2, 0.25) is 0 Å². The van der Waals surface area contributed by atoms with E-state index < -0.39 is 0 Å². The lowest BCUT2D eigenvalue weighted by Crippen LogP contribution is -2.52. The predicted molar refractivity (Wildman–Crippen MR) is 95.2 cm³/mol. The van der Waals surface area contributed by atoms with Crippen molar-refractivity contribution in [3.63, 3.8) is 0 Å². The molecule has 3 aliphatic rings. The number of hydrogen-bond acceptors (Lipinski definition) is 4. The predicted octanol–water partition coefficient (Wildman–Crippen LogP) is 2.89. The van der Waals surface area contributed by atoms with Gasteiger partial charge in [0.15, 0.2) is 17.8 Å². The lowest BCUT2D eigenvalue weighted by atomic mass is 10.2. The van der Waals surface area contributed by atoms with E-state index in [2.05, 4.69) is 21.2 Å². The van der Waals surface area contributed by atoms with Crippen LogP contribution in [0.4, 0.5) is 4.39 Å². The molecule has 25 heavy (non-hydrogen) atoms. The average Bonchev–Trinajstić information content (AvgIpc) is 3.19. The van der Waals surface area contributed by atoms with Gasteiger partial charge in [-0.15, -0.1) is 0 Å². The van der Waals surface area contributed by atoms with Crippen molar-refractivity contribution < 1.29 is 9.13 Å². The monoisotopic (exact) mass is 342 g/mol. The third-order valence-electron chi connectivity index (χ3n) is 5.33. The summed E-state index contributed by atoms with van der Waals surface area (Å²) in [5, 5.41) is 3.32. The molecular formula is C20H25FN3O. The molecule has 0 aromatic heterocycles. The van der Waals surface area contributed by atoms with Gasteiger partial charge in [-0.05, 0) is 37.1 Å². The maximum absolute atomic E-state index is 13.8. The van der Waals surface area contributed by atoms with Gasteiger partial charge in [0, 0.05) is 38.3 Å². The van der Waals surface area contributed by atoms with E-state index in [1.165, 1.54) is 31.7 Å². The Bertz CT molecular complexity index is 646. The van der Waals surface area contributed by atoms with Crippen LogP contribution in [0.3, 0.4) is 0 Å². The van der Waals surface area contributed by atoms with Crippen LogP contribution in [0.15, 0.2) is 42.2 Å². The maximum atomic E-state index is 13.8. The van der Waals surface area contributed by atoms with Crippen LogP contribution < -0.4 is 10.1 Å². The van der Waals surface area contributed by atoms with Gasteiger partial charge in [0.05, 0.1) is 0 Å². The van der Waals surface area contributed by atoms with Crippen LogP contribution in [-0.2, 0) is 0 Å². The first-order valence-corrected chi connectivity index (χ1v) is 9.26. The third kappa shape index (κ3) is 3.82. The minimum absolute atomic E-state index is 0.261. The molecule has 1 aliphatic carbocycles. The number of allylic oxidation sites excluding steroid dienone is 2. The van der Waals surface area contributed by atoms with E-state index in [-0.39, 0.29) is 17.8 Å². The summed E-state index contributed by atoms with van der Waals surface area (Å²) in [4.78, 5) is 4.95. The molecule has 133 valence electrons. The molecule has 4 rings (SSSR count). The first-order chi connectivity index (χ1) is 12.3. The van der Waals surface area contributed by atoms with Crippen molar-refractivity contribution in [1.82, 2.24) is 15.1 Å². The number of halogens is 1. The molecule has 1 atom stereocenters. The molecule has 1 radical (unpaired) electrons. The Kier molecular flexibility index (Phi) is 4.92. The Morgan fingerprint density at radius 3 is 2.60 bits per heavy atom. The first-order valence-electron chi connectivity index (χ1n) is 9.26. The molecule has 0 spiro atoms. The van der Waals surface area contributed by atoms with Gasteiger partial charge in [-0.1, -0.05) is 25.0 Å². The number of rotatable bonds is 4. The highest BCUT2D eigenvalue weighted by Gasteiger charge is 2.27. The fourth-order valence-corrected chi connectivity index (χ4v) is 3.95. The molecule has 1 aromatic rings. The van der Waals surface area contributed by atoms with Gasteiger partial charge in [-0.2, -0.15) is 0 Å². The SMILES string of the molecule is Fc1ccccc1OC1C=C[C]=C(N2CCN(C3CCCC3)CC2)N1. The normalized spacial score (nSPS) is 24.9. The zero-order valence-electron chi connectivity index (χ0n) is 14.5. The van der Waals surface area contributed by atoms with E-state index in [0.29, 0.717) is 0 Å². The second-order valence-electron chi connectivity index (χ2n) is 6.93. The fraction of sp³-hybridized carbons (Fsp3) is 0.500. The lowest BCUT2D eigenvalue weighted by molar-refractivity contribution is 0.103. The summed E-state index contributed by atoms with van der Waals surface area (Å²) in [6.45, 7) is 4.18. The standard InChI is InChI=1S/C20H25FN3O/c21-17-8-3-4-9-18(17)25-20-11-5-10-19(22-20)24-14-12-23(13-15-24)16-6-1-2-7-16/h3-5,8-9,11,16,20,22H,1-2,6-7,12-15H2. The zero-order chi connectivity index (χ0) is 17.1. The smallest absolute Gasteiger partial charge is 0.191 e. The van der Waals surface area contributed by atoms with Gasteiger partial charge >= 0.3 is 0 Å². The van der Waals surface area contributed by atoms with Gasteiger partial charge in [-0.3, -0.25) is 4.90 Å².